The molecule has 0 aliphatic heterocycles. The summed E-state index contributed by atoms with van der Waals surface area (Å²) < 4.78 is 2.25. The normalized spacial score (nSPS) is 28.4. The van der Waals surface area contributed by atoms with E-state index in [1.807, 2.05) is 6.07 Å². The first kappa shape index (κ1) is 41.7. The maximum absolute atomic E-state index is 2.63. The van der Waals surface area contributed by atoms with Gasteiger partial charge in [-0.3, -0.25) is 0 Å². The molecule has 0 amide bonds. The number of thiophene rings is 1. The van der Waals surface area contributed by atoms with Gasteiger partial charge in [-0.1, -0.05) is 137 Å². The third-order valence-corrected chi connectivity index (χ3v) is 14.7. The van der Waals surface area contributed by atoms with Crippen molar-refractivity contribution in [2.24, 2.45) is 40.4 Å². The summed E-state index contributed by atoms with van der Waals surface area (Å²) in [5.41, 5.74) is 15.4. The van der Waals surface area contributed by atoms with Gasteiger partial charge in [0.1, 0.15) is 0 Å². The molecular formula is C47H54Cl2SZr-2. The molecule has 1 saturated carbocycles. The summed E-state index contributed by atoms with van der Waals surface area (Å²) in [4.78, 5) is 0. The zero-order chi connectivity index (χ0) is 35.1. The Labute approximate surface area is 340 Å². The first-order chi connectivity index (χ1) is 23.5. The standard InChI is InChI=1S/C29H37.C10H9S.C8H8.2ClH.Zr/c1-16-13-14-25-26-23-12-10-9-11-22(23)15-24(26)27-19(4)17(2)18(3)21(6)29(27,8)28(25,7)20(16)5;1-8-3-2-4-10(8)9-5-6-11-7-9;1-2-8-6-4-3-5-7-8;;;/h9-14,16-18,20-21H,15H2,1-8H3;2-7H,1H3;1,3-7H,2H2;2*1H;/q2*-1;;;;+2/p-2. The Morgan fingerprint density at radius 2 is 1.55 bits per heavy atom. The number of aryl methyl sites for hydroxylation is 1. The van der Waals surface area contributed by atoms with Crippen molar-refractivity contribution in [3.05, 3.63) is 147 Å². The molecular weight excluding hydrogens is 759 g/mol. The van der Waals surface area contributed by atoms with E-state index in [0.717, 1.165) is 12.8 Å². The van der Waals surface area contributed by atoms with Crippen LogP contribution in [-0.4, -0.2) is 3.71 Å². The summed E-state index contributed by atoms with van der Waals surface area (Å²) >= 11 is 3.25. The van der Waals surface area contributed by atoms with Gasteiger partial charge in [-0.25, -0.2) is 17.3 Å². The molecule has 0 saturated heterocycles. The van der Waals surface area contributed by atoms with Gasteiger partial charge in [0.25, 0.3) is 0 Å². The Balaban J connectivity index is 0.000000218. The molecule has 7 unspecified atom stereocenters. The minimum absolute atomic E-state index is 0. The molecule has 0 N–H and O–H groups in total. The number of benzene rings is 2. The van der Waals surface area contributed by atoms with Crippen LogP contribution in [0.15, 0.2) is 118 Å². The first-order valence-electron chi connectivity index (χ1n) is 18.3. The van der Waals surface area contributed by atoms with Gasteiger partial charge in [0.2, 0.25) is 0 Å². The topological polar surface area (TPSA) is 0 Å². The van der Waals surface area contributed by atoms with Gasteiger partial charge < -0.3 is 24.8 Å². The molecule has 4 aliphatic carbocycles. The van der Waals surface area contributed by atoms with Gasteiger partial charge in [0, 0.05) is 5.41 Å². The average molecular weight is 813 g/mol. The van der Waals surface area contributed by atoms with Crippen LogP contribution in [-0.2, 0) is 37.1 Å². The second-order valence-corrected chi connectivity index (χ2v) is 17.3. The molecule has 0 radical (unpaired) electrons. The molecule has 0 nitrogen and oxygen atoms in total. The molecule has 51 heavy (non-hydrogen) atoms. The van der Waals surface area contributed by atoms with Crippen molar-refractivity contribution in [2.45, 2.75) is 75.2 Å². The van der Waals surface area contributed by atoms with Crippen molar-refractivity contribution in [1.29, 1.82) is 0 Å². The van der Waals surface area contributed by atoms with E-state index in [2.05, 4.69) is 162 Å². The van der Waals surface area contributed by atoms with Crippen LogP contribution in [0.2, 0.25) is 0 Å². The molecule has 4 aliphatic rings. The van der Waals surface area contributed by atoms with E-state index in [-0.39, 0.29) is 35.6 Å². The van der Waals surface area contributed by atoms with Crippen molar-refractivity contribution in [2.75, 3.05) is 0 Å². The number of rotatable bonds is 3. The molecule has 268 valence electrons. The predicted molar refractivity (Wildman–Crippen MR) is 210 cm³/mol. The number of hydrogen-bond donors (Lipinski definition) is 0. The van der Waals surface area contributed by atoms with Crippen molar-refractivity contribution in [1.82, 2.24) is 0 Å². The Bertz CT molecular complexity index is 1880. The first-order valence-corrected chi connectivity index (χ1v) is 20.7. The Hall–Kier alpha value is -2.09. The molecule has 1 heterocycles. The summed E-state index contributed by atoms with van der Waals surface area (Å²) in [7, 11) is 0. The van der Waals surface area contributed by atoms with Crippen LogP contribution in [0.25, 0.3) is 16.7 Å². The van der Waals surface area contributed by atoms with E-state index < -0.39 is 0 Å². The van der Waals surface area contributed by atoms with Gasteiger partial charge in [0.05, 0.1) is 0 Å². The Morgan fingerprint density at radius 3 is 2.18 bits per heavy atom. The third kappa shape index (κ3) is 7.14. The van der Waals surface area contributed by atoms with Gasteiger partial charge in [-0.15, -0.1) is 36.2 Å². The molecule has 0 bridgehead atoms. The maximum atomic E-state index is 2.63. The van der Waals surface area contributed by atoms with Crippen LogP contribution in [0.1, 0.15) is 77.6 Å². The second-order valence-electron chi connectivity index (χ2n) is 15.5. The average Bonchev–Trinajstić information content (AvgIpc) is 3.87. The SMILES string of the molecule is C[C-]1C2=C3Cc4ccccc4C3=C3C=CC(C)C(C)C3(C)C2(C)C(C)C(C)C1C.Cc1ccc[c-]1-c1ccsc1.[Cl-].[Cl-].[Zr+2]=[CH]Cc1ccccc1. The number of allylic oxidation sites excluding steroid dienone is 6. The van der Waals surface area contributed by atoms with Gasteiger partial charge in [-0.05, 0) is 34.7 Å². The van der Waals surface area contributed by atoms with Gasteiger partial charge in [-0.2, -0.15) is 17.2 Å². The number of halogens is 2. The fourth-order valence-corrected chi connectivity index (χ4v) is 11.1. The van der Waals surface area contributed by atoms with Crippen LogP contribution in [0.4, 0.5) is 0 Å². The zero-order valence-electron chi connectivity index (χ0n) is 31.9. The molecule has 7 atom stereocenters. The summed E-state index contributed by atoms with van der Waals surface area (Å²) in [6.45, 7) is 22.3. The monoisotopic (exact) mass is 810 g/mol. The summed E-state index contributed by atoms with van der Waals surface area (Å²) in [5, 5.41) is 4.30. The summed E-state index contributed by atoms with van der Waals surface area (Å²) in [6.07, 6.45) is 7.24. The van der Waals surface area contributed by atoms with Crippen molar-refractivity contribution < 1.29 is 49.0 Å². The van der Waals surface area contributed by atoms with Crippen LogP contribution in [0.5, 0.6) is 0 Å². The van der Waals surface area contributed by atoms with Crippen LogP contribution in [0, 0.1) is 53.3 Å². The Kier molecular flexibility index (Phi) is 13.8. The van der Waals surface area contributed by atoms with E-state index in [4.69, 9.17) is 0 Å². The van der Waals surface area contributed by atoms with Crippen molar-refractivity contribution in [3.63, 3.8) is 0 Å². The van der Waals surface area contributed by atoms with Crippen LogP contribution < -0.4 is 24.8 Å². The molecule has 4 aromatic rings. The molecule has 1 fully saturated rings. The second kappa shape index (κ2) is 16.9. The van der Waals surface area contributed by atoms with E-state index in [1.165, 1.54) is 57.6 Å². The van der Waals surface area contributed by atoms with E-state index in [1.54, 1.807) is 39.5 Å². The molecule has 3 aromatic carbocycles. The van der Waals surface area contributed by atoms with E-state index in [0.29, 0.717) is 29.6 Å². The summed E-state index contributed by atoms with van der Waals surface area (Å²) in [5.74, 6) is 4.93. The molecule has 8 rings (SSSR count). The number of hydrogen-bond acceptors (Lipinski definition) is 1. The quantitative estimate of drug-likeness (QED) is 0.202. The third-order valence-electron chi connectivity index (χ3n) is 13.6. The van der Waals surface area contributed by atoms with Crippen LogP contribution in [0.3, 0.4) is 0 Å². The molecule has 0 spiro atoms. The molecule has 4 heteroatoms. The fraction of sp³-hybridized carbons (Fsp3) is 0.383. The minimum atomic E-state index is 0. The zero-order valence-corrected chi connectivity index (χ0v) is 36.6. The van der Waals surface area contributed by atoms with Crippen molar-refractivity contribution in [3.8, 4) is 11.1 Å². The fourth-order valence-electron chi connectivity index (χ4n) is 9.82. The summed E-state index contributed by atoms with van der Waals surface area (Å²) in [6, 6.07) is 28.3. The number of fused-ring (bicyclic) bond motifs is 6. The molecule has 1 aromatic heterocycles. The van der Waals surface area contributed by atoms with E-state index in [9.17, 15) is 0 Å². The van der Waals surface area contributed by atoms with Gasteiger partial charge >= 0.3 is 70.3 Å². The van der Waals surface area contributed by atoms with Crippen molar-refractivity contribution >= 4 is 20.6 Å². The van der Waals surface area contributed by atoms with E-state index >= 15 is 0 Å². The predicted octanol–water partition coefficient (Wildman–Crippen LogP) is 6.71. The Morgan fingerprint density at radius 1 is 0.863 bits per heavy atom. The van der Waals surface area contributed by atoms with Crippen LogP contribution >= 0.6 is 11.3 Å². The van der Waals surface area contributed by atoms with Gasteiger partial charge in [0.15, 0.2) is 0 Å².